The molecule has 0 atom stereocenters. The Morgan fingerprint density at radius 2 is 1.28 bits per heavy atom. The minimum absolute atomic E-state index is 0.175. The van der Waals surface area contributed by atoms with Crippen LogP contribution in [0, 0.1) is 5.82 Å². The zero-order chi connectivity index (χ0) is 22.5. The van der Waals surface area contributed by atoms with Crippen molar-refractivity contribution in [1.29, 1.82) is 0 Å². The number of hydrogen-bond acceptors (Lipinski definition) is 3. The van der Waals surface area contributed by atoms with E-state index < -0.39 is 0 Å². The van der Waals surface area contributed by atoms with Crippen LogP contribution < -0.4 is 4.90 Å². The highest BCUT2D eigenvalue weighted by atomic mass is 19.1. The quantitative estimate of drug-likeness (QED) is 0.306. The van der Waals surface area contributed by atoms with Gasteiger partial charge in [0.2, 0.25) is 0 Å². The molecule has 0 saturated carbocycles. The fourth-order valence-electron chi connectivity index (χ4n) is 3.43. The molecule has 3 aromatic carbocycles. The Bertz CT molecular complexity index is 1190. The summed E-state index contributed by atoms with van der Waals surface area (Å²) in [5, 5.41) is 0. The number of aryl methyl sites for hydroxylation is 2. The van der Waals surface area contributed by atoms with Crippen molar-refractivity contribution in [1.82, 2.24) is 0 Å². The highest BCUT2D eigenvalue weighted by Gasteiger charge is 2.24. The number of anilines is 1. The first-order valence-corrected chi connectivity index (χ1v) is 10.2. The molecule has 1 aliphatic heterocycles. The second-order valence-corrected chi connectivity index (χ2v) is 7.46. The van der Waals surface area contributed by atoms with E-state index >= 15 is 0 Å². The smallest absolute Gasteiger partial charge is 0.258 e. The van der Waals surface area contributed by atoms with E-state index in [-0.39, 0.29) is 23.4 Å². The Morgan fingerprint density at radius 3 is 1.84 bits per heavy atom. The Morgan fingerprint density at radius 1 is 0.750 bits per heavy atom. The van der Waals surface area contributed by atoms with Crippen LogP contribution in [-0.2, 0) is 22.4 Å². The molecule has 0 aliphatic carbocycles. The van der Waals surface area contributed by atoms with Gasteiger partial charge in [0.1, 0.15) is 5.82 Å². The SMILES string of the molecule is O=C(/C=C/c1ccc(CCc2ccc(N3C(=O)C=CC3=O)cc2)cc1)c1ccc(F)cc1. The molecular weight excluding hydrogens is 405 g/mol. The molecule has 0 unspecified atom stereocenters. The molecule has 32 heavy (non-hydrogen) atoms. The monoisotopic (exact) mass is 425 g/mol. The van der Waals surface area contributed by atoms with Gasteiger partial charge in [0.15, 0.2) is 5.78 Å². The maximum Gasteiger partial charge on any atom is 0.258 e. The second-order valence-electron chi connectivity index (χ2n) is 7.46. The van der Waals surface area contributed by atoms with Crippen molar-refractivity contribution in [3.63, 3.8) is 0 Å². The Labute approximate surface area is 185 Å². The van der Waals surface area contributed by atoms with Crippen LogP contribution in [0.3, 0.4) is 0 Å². The van der Waals surface area contributed by atoms with Crippen LogP contribution in [0.25, 0.3) is 6.08 Å². The molecule has 0 saturated heterocycles. The lowest BCUT2D eigenvalue weighted by atomic mass is 10.0. The van der Waals surface area contributed by atoms with Gasteiger partial charge in [0.25, 0.3) is 11.8 Å². The third-order valence-electron chi connectivity index (χ3n) is 5.24. The van der Waals surface area contributed by atoms with Gasteiger partial charge in [-0.15, -0.1) is 0 Å². The number of halogens is 1. The number of amides is 2. The fraction of sp³-hybridized carbons (Fsp3) is 0.0741. The van der Waals surface area contributed by atoms with Gasteiger partial charge >= 0.3 is 0 Å². The third-order valence-corrected chi connectivity index (χ3v) is 5.24. The van der Waals surface area contributed by atoms with Gasteiger partial charge in [-0.1, -0.05) is 42.5 Å². The maximum atomic E-state index is 13.0. The number of benzene rings is 3. The van der Waals surface area contributed by atoms with Gasteiger partial charge < -0.3 is 0 Å². The molecule has 4 rings (SSSR count). The minimum Gasteiger partial charge on any atom is -0.289 e. The highest BCUT2D eigenvalue weighted by Crippen LogP contribution is 2.20. The Hall–Kier alpha value is -4.12. The number of imide groups is 1. The van der Waals surface area contributed by atoms with Crippen LogP contribution in [0.1, 0.15) is 27.0 Å². The van der Waals surface area contributed by atoms with Gasteiger partial charge in [-0.05, 0) is 72.0 Å². The van der Waals surface area contributed by atoms with Crippen LogP contribution >= 0.6 is 0 Å². The van der Waals surface area contributed by atoms with E-state index in [1.54, 1.807) is 18.2 Å². The zero-order valence-electron chi connectivity index (χ0n) is 17.2. The van der Waals surface area contributed by atoms with Crippen molar-refractivity contribution >= 4 is 29.4 Å². The summed E-state index contributed by atoms with van der Waals surface area (Å²) in [4.78, 5) is 36.8. The first-order valence-electron chi connectivity index (χ1n) is 10.2. The van der Waals surface area contributed by atoms with Crippen molar-refractivity contribution in [3.8, 4) is 0 Å². The molecule has 0 bridgehead atoms. The van der Waals surface area contributed by atoms with Crippen molar-refractivity contribution in [2.24, 2.45) is 0 Å². The summed E-state index contributed by atoms with van der Waals surface area (Å²) in [5.41, 5.74) is 4.18. The molecule has 0 spiro atoms. The van der Waals surface area contributed by atoms with Gasteiger partial charge in [0, 0.05) is 17.7 Å². The van der Waals surface area contributed by atoms with Crippen LogP contribution in [0.2, 0.25) is 0 Å². The summed E-state index contributed by atoms with van der Waals surface area (Å²) in [6.45, 7) is 0. The van der Waals surface area contributed by atoms with E-state index in [1.165, 1.54) is 42.5 Å². The average molecular weight is 425 g/mol. The zero-order valence-corrected chi connectivity index (χ0v) is 17.2. The van der Waals surface area contributed by atoms with Crippen molar-refractivity contribution in [2.75, 3.05) is 4.90 Å². The highest BCUT2D eigenvalue weighted by molar-refractivity contribution is 6.28. The van der Waals surface area contributed by atoms with Crippen molar-refractivity contribution in [3.05, 3.63) is 119 Å². The molecule has 3 aromatic rings. The molecule has 0 fully saturated rings. The molecule has 1 heterocycles. The molecule has 1 aliphatic rings. The Kier molecular flexibility index (Phi) is 6.17. The minimum atomic E-state index is -0.369. The van der Waals surface area contributed by atoms with E-state index in [1.807, 2.05) is 36.4 Å². The molecule has 0 N–H and O–H groups in total. The summed E-state index contributed by atoms with van der Waals surface area (Å²) in [7, 11) is 0. The summed E-state index contributed by atoms with van der Waals surface area (Å²) in [5.74, 6) is -1.19. The van der Waals surface area contributed by atoms with Gasteiger partial charge in [-0.2, -0.15) is 0 Å². The molecule has 0 radical (unpaired) electrons. The fourth-order valence-corrected chi connectivity index (χ4v) is 3.43. The van der Waals surface area contributed by atoms with Crippen molar-refractivity contribution in [2.45, 2.75) is 12.8 Å². The third kappa shape index (κ3) is 4.95. The van der Waals surface area contributed by atoms with Crippen molar-refractivity contribution < 1.29 is 18.8 Å². The van der Waals surface area contributed by atoms with Crippen LogP contribution in [0.5, 0.6) is 0 Å². The molecular formula is C27H20FNO3. The summed E-state index contributed by atoms with van der Waals surface area (Å²) in [6, 6.07) is 20.8. The number of nitrogens with zero attached hydrogens (tertiary/aromatic N) is 1. The lowest BCUT2D eigenvalue weighted by molar-refractivity contribution is -0.119. The van der Waals surface area contributed by atoms with E-state index in [0.29, 0.717) is 11.3 Å². The maximum absolute atomic E-state index is 13.0. The van der Waals surface area contributed by atoms with Gasteiger partial charge in [-0.3, -0.25) is 14.4 Å². The van der Waals surface area contributed by atoms with Crippen LogP contribution in [-0.4, -0.2) is 17.6 Å². The summed E-state index contributed by atoms with van der Waals surface area (Å²) >= 11 is 0. The average Bonchev–Trinajstić information content (AvgIpc) is 3.15. The van der Waals surface area contributed by atoms with Crippen LogP contribution in [0.4, 0.5) is 10.1 Å². The first-order chi connectivity index (χ1) is 15.5. The van der Waals surface area contributed by atoms with E-state index in [0.717, 1.165) is 34.4 Å². The number of carbonyl (C=O) groups is 3. The first kappa shape index (κ1) is 21.1. The topological polar surface area (TPSA) is 54.5 Å². The van der Waals surface area contributed by atoms with E-state index in [9.17, 15) is 18.8 Å². The predicted octanol–water partition coefficient (Wildman–Crippen LogP) is 4.94. The number of carbonyl (C=O) groups excluding carboxylic acids is 3. The molecule has 5 heteroatoms. The largest absolute Gasteiger partial charge is 0.289 e. The summed E-state index contributed by atoms with van der Waals surface area (Å²) < 4.78 is 13.0. The number of ketones is 1. The Balaban J connectivity index is 1.32. The molecule has 2 amide bonds. The molecule has 158 valence electrons. The predicted molar refractivity (Wildman–Crippen MR) is 122 cm³/mol. The van der Waals surface area contributed by atoms with Gasteiger partial charge in [-0.25, -0.2) is 9.29 Å². The van der Waals surface area contributed by atoms with E-state index in [2.05, 4.69) is 0 Å². The lowest BCUT2D eigenvalue weighted by Crippen LogP contribution is -2.29. The normalized spacial score (nSPS) is 13.3. The summed E-state index contributed by atoms with van der Waals surface area (Å²) in [6.07, 6.45) is 7.42. The molecule has 0 aromatic heterocycles. The number of hydrogen-bond donors (Lipinski definition) is 0. The van der Waals surface area contributed by atoms with E-state index in [4.69, 9.17) is 0 Å². The van der Waals surface area contributed by atoms with Crippen LogP contribution in [0.15, 0.2) is 91.0 Å². The lowest BCUT2D eigenvalue weighted by Gasteiger charge is -2.14. The second kappa shape index (κ2) is 9.35. The standard InChI is InChI=1S/C27H20FNO3/c28-23-12-10-22(11-13-23)25(30)16-9-20-4-1-19(2-5-20)3-6-21-7-14-24(15-8-21)29-26(31)17-18-27(29)32/h1-2,4-5,7-18H,3,6H2/b16-9+. The van der Waals surface area contributed by atoms with Gasteiger partial charge in [0.05, 0.1) is 5.69 Å². The number of rotatable bonds is 7. The number of allylic oxidation sites excluding steroid dienone is 1. The molecule has 4 nitrogen and oxygen atoms in total.